The van der Waals surface area contributed by atoms with Crippen molar-refractivity contribution in [2.45, 2.75) is 68.1 Å². The molecule has 7 nitrogen and oxygen atoms in total. The first kappa shape index (κ1) is 17.1. The predicted molar refractivity (Wildman–Crippen MR) is 79.1 cm³/mol. The first-order valence-corrected chi connectivity index (χ1v) is 8.93. The molecule has 0 spiro atoms. The lowest BCUT2D eigenvalue weighted by atomic mass is 9.89. The van der Waals surface area contributed by atoms with E-state index in [1.54, 1.807) is 20.8 Å². The fourth-order valence-electron chi connectivity index (χ4n) is 3.28. The summed E-state index contributed by atoms with van der Waals surface area (Å²) in [6.07, 6.45) is 0.371. The van der Waals surface area contributed by atoms with Crippen molar-refractivity contribution < 1.29 is 27.5 Å². The Morgan fingerprint density at radius 3 is 2.05 bits per heavy atom. The maximum atomic E-state index is 12.2. The quantitative estimate of drug-likeness (QED) is 0.762. The second kappa shape index (κ2) is 5.40. The number of esters is 1. The number of carbonyl (C=O) groups excluding carboxylic acids is 2. The number of hydrogen-bond acceptors (Lipinski definition) is 6. The van der Waals surface area contributed by atoms with E-state index in [1.807, 2.05) is 0 Å². The van der Waals surface area contributed by atoms with Crippen LogP contribution >= 0.6 is 0 Å². The SMILES string of the molecule is COC(=O)C1(NC(=O)OC(C)(C)C)CC2CCC(C1)S2(=O)=O. The number of fused-ring (bicyclic) bond motifs is 2. The first-order valence-electron chi connectivity index (χ1n) is 7.32. The van der Waals surface area contributed by atoms with Gasteiger partial charge in [0.15, 0.2) is 9.84 Å². The molecule has 0 aromatic rings. The summed E-state index contributed by atoms with van der Waals surface area (Å²) in [7, 11) is -1.98. The van der Waals surface area contributed by atoms with Crippen LogP contribution in [0.3, 0.4) is 0 Å². The Morgan fingerprint density at radius 1 is 1.14 bits per heavy atom. The van der Waals surface area contributed by atoms with Gasteiger partial charge in [-0.3, -0.25) is 0 Å². The first-order chi connectivity index (χ1) is 10.00. The van der Waals surface area contributed by atoms with Crippen LogP contribution in [0.1, 0.15) is 46.5 Å². The van der Waals surface area contributed by atoms with Gasteiger partial charge < -0.3 is 14.8 Å². The van der Waals surface area contributed by atoms with Gasteiger partial charge in [-0.2, -0.15) is 0 Å². The average Bonchev–Trinajstić information content (AvgIpc) is 2.56. The number of sulfone groups is 1. The Hall–Kier alpha value is -1.31. The van der Waals surface area contributed by atoms with Gasteiger partial charge in [0, 0.05) is 0 Å². The van der Waals surface area contributed by atoms with Crippen molar-refractivity contribution in [3.8, 4) is 0 Å². The van der Waals surface area contributed by atoms with Crippen LogP contribution in [0.2, 0.25) is 0 Å². The molecule has 2 aliphatic rings. The minimum Gasteiger partial charge on any atom is -0.467 e. The zero-order chi connectivity index (χ0) is 16.8. The highest BCUT2D eigenvalue weighted by Crippen LogP contribution is 2.43. The Morgan fingerprint density at radius 2 is 1.64 bits per heavy atom. The van der Waals surface area contributed by atoms with Gasteiger partial charge in [-0.25, -0.2) is 18.0 Å². The number of carbonyl (C=O) groups is 2. The van der Waals surface area contributed by atoms with Crippen molar-refractivity contribution in [2.24, 2.45) is 0 Å². The van der Waals surface area contributed by atoms with E-state index in [0.717, 1.165) is 0 Å². The van der Waals surface area contributed by atoms with Gasteiger partial charge in [-0.05, 0) is 46.5 Å². The highest BCUT2D eigenvalue weighted by molar-refractivity contribution is 7.93. The molecule has 1 N–H and O–H groups in total. The lowest BCUT2D eigenvalue weighted by Gasteiger charge is -2.38. The number of alkyl carbamates (subject to hydrolysis) is 1. The van der Waals surface area contributed by atoms with Crippen LogP contribution in [-0.4, -0.2) is 49.2 Å². The molecule has 2 saturated heterocycles. The van der Waals surface area contributed by atoms with Crippen molar-refractivity contribution in [2.75, 3.05) is 7.11 Å². The van der Waals surface area contributed by atoms with Crippen molar-refractivity contribution in [3.63, 3.8) is 0 Å². The monoisotopic (exact) mass is 333 g/mol. The predicted octanol–water partition coefficient (Wildman–Crippen LogP) is 1.16. The van der Waals surface area contributed by atoms with Crippen LogP contribution in [0.15, 0.2) is 0 Å². The summed E-state index contributed by atoms with van der Waals surface area (Å²) in [6, 6.07) is 0. The Labute approximate surface area is 130 Å². The minimum absolute atomic E-state index is 0.0394. The molecule has 2 bridgehead atoms. The average molecular weight is 333 g/mol. The van der Waals surface area contributed by atoms with E-state index in [9.17, 15) is 18.0 Å². The number of nitrogens with one attached hydrogen (secondary N) is 1. The molecule has 126 valence electrons. The third-order valence-electron chi connectivity index (χ3n) is 4.21. The number of amides is 1. The van der Waals surface area contributed by atoms with Crippen LogP contribution in [0.5, 0.6) is 0 Å². The molecule has 2 rings (SSSR count). The maximum Gasteiger partial charge on any atom is 0.408 e. The van der Waals surface area contributed by atoms with Gasteiger partial charge in [0.25, 0.3) is 0 Å². The molecule has 8 heteroatoms. The summed E-state index contributed by atoms with van der Waals surface area (Å²) in [6.45, 7) is 5.14. The smallest absolute Gasteiger partial charge is 0.408 e. The molecule has 2 heterocycles. The van der Waals surface area contributed by atoms with E-state index in [0.29, 0.717) is 12.8 Å². The van der Waals surface area contributed by atoms with Crippen LogP contribution in [0.4, 0.5) is 4.79 Å². The third-order valence-corrected chi connectivity index (χ3v) is 6.87. The zero-order valence-corrected chi connectivity index (χ0v) is 14.2. The lowest BCUT2D eigenvalue weighted by Crippen LogP contribution is -2.61. The molecule has 0 aliphatic carbocycles. The largest absolute Gasteiger partial charge is 0.467 e. The minimum atomic E-state index is -3.21. The second-order valence-corrected chi connectivity index (χ2v) is 9.53. The van der Waals surface area contributed by atoms with Gasteiger partial charge in [0.1, 0.15) is 11.1 Å². The summed E-state index contributed by atoms with van der Waals surface area (Å²) < 4.78 is 34.4. The summed E-state index contributed by atoms with van der Waals surface area (Å²) in [5, 5.41) is 1.36. The topological polar surface area (TPSA) is 98.8 Å². The Kier molecular flexibility index (Phi) is 4.18. The fraction of sp³-hybridized carbons (Fsp3) is 0.857. The lowest BCUT2D eigenvalue weighted by molar-refractivity contribution is -0.149. The van der Waals surface area contributed by atoms with Crippen LogP contribution in [0, 0.1) is 0 Å². The second-order valence-electron chi connectivity index (χ2n) is 7.02. The van der Waals surface area contributed by atoms with E-state index in [2.05, 4.69) is 5.32 Å². The van der Waals surface area contributed by atoms with Crippen molar-refractivity contribution in [1.29, 1.82) is 0 Å². The molecule has 2 aliphatic heterocycles. The number of methoxy groups -OCH3 is 1. The maximum absolute atomic E-state index is 12.2. The van der Waals surface area contributed by atoms with E-state index in [1.165, 1.54) is 7.11 Å². The van der Waals surface area contributed by atoms with Crippen molar-refractivity contribution in [3.05, 3.63) is 0 Å². The summed E-state index contributed by atoms with van der Waals surface area (Å²) in [4.78, 5) is 24.3. The van der Waals surface area contributed by atoms with Gasteiger partial charge in [0.05, 0.1) is 17.6 Å². The summed E-state index contributed by atoms with van der Waals surface area (Å²) in [5.41, 5.74) is -2.03. The van der Waals surface area contributed by atoms with Crippen LogP contribution < -0.4 is 5.32 Å². The normalized spacial score (nSPS) is 33.1. The Bertz CT molecular complexity index is 557. The number of rotatable bonds is 2. The molecular weight excluding hydrogens is 310 g/mol. The Balaban J connectivity index is 2.25. The van der Waals surface area contributed by atoms with E-state index in [4.69, 9.17) is 9.47 Å². The summed E-state index contributed by atoms with van der Waals surface area (Å²) >= 11 is 0. The van der Waals surface area contributed by atoms with E-state index in [-0.39, 0.29) is 12.8 Å². The van der Waals surface area contributed by atoms with Crippen molar-refractivity contribution in [1.82, 2.24) is 5.32 Å². The molecule has 2 unspecified atom stereocenters. The number of hydrogen-bond donors (Lipinski definition) is 1. The highest BCUT2D eigenvalue weighted by atomic mass is 32.2. The standard InChI is InChI=1S/C14H23NO6S/c1-13(2,3)21-12(17)15-14(11(16)20-4)7-9-5-6-10(8-14)22(9,18)19/h9-10H,5-8H2,1-4H3,(H,15,17). The summed E-state index contributed by atoms with van der Waals surface area (Å²) in [5.74, 6) is -0.620. The molecular formula is C14H23NO6S. The van der Waals surface area contributed by atoms with Crippen molar-refractivity contribution >= 4 is 21.9 Å². The van der Waals surface area contributed by atoms with Gasteiger partial charge >= 0.3 is 12.1 Å². The highest BCUT2D eigenvalue weighted by Gasteiger charge is 2.58. The molecule has 0 radical (unpaired) electrons. The fourth-order valence-corrected chi connectivity index (χ4v) is 5.79. The van der Waals surface area contributed by atoms with Crippen LogP contribution in [0.25, 0.3) is 0 Å². The van der Waals surface area contributed by atoms with E-state index >= 15 is 0 Å². The number of ether oxygens (including phenoxy) is 2. The van der Waals surface area contributed by atoms with E-state index < -0.39 is 43.5 Å². The molecule has 2 atom stereocenters. The molecule has 2 fully saturated rings. The molecule has 0 aromatic heterocycles. The molecule has 22 heavy (non-hydrogen) atoms. The van der Waals surface area contributed by atoms with Gasteiger partial charge in [0.2, 0.25) is 0 Å². The van der Waals surface area contributed by atoms with Crippen LogP contribution in [-0.2, 0) is 24.1 Å². The third kappa shape index (κ3) is 3.06. The molecule has 0 saturated carbocycles. The van der Waals surface area contributed by atoms with Gasteiger partial charge in [-0.1, -0.05) is 0 Å². The van der Waals surface area contributed by atoms with Gasteiger partial charge in [-0.15, -0.1) is 0 Å². The zero-order valence-electron chi connectivity index (χ0n) is 13.3. The molecule has 0 aromatic carbocycles. The molecule has 1 amide bonds.